The van der Waals surface area contributed by atoms with E-state index in [0.29, 0.717) is 12.1 Å². The number of rotatable bonds is 8. The van der Waals surface area contributed by atoms with Crippen molar-refractivity contribution in [2.24, 2.45) is 0 Å². The number of hydrogen-bond donors (Lipinski definition) is 0. The zero-order valence-electron chi connectivity index (χ0n) is 13.6. The third-order valence-electron chi connectivity index (χ3n) is 4.22. The molecule has 0 fully saturated rings. The number of unbranched alkanes of at least 4 members (excludes halogenated alkanes) is 1. The highest BCUT2D eigenvalue weighted by atomic mass is 16.5. The number of fused-ring (bicyclic) bond motifs is 1. The van der Waals surface area contributed by atoms with E-state index in [4.69, 9.17) is 4.74 Å². The van der Waals surface area contributed by atoms with Gasteiger partial charge in [-0.2, -0.15) is 0 Å². The lowest BCUT2D eigenvalue weighted by atomic mass is 9.88. The summed E-state index contributed by atoms with van der Waals surface area (Å²) in [5, 5.41) is 0. The molecule has 0 aromatic heterocycles. The fourth-order valence-electron chi connectivity index (χ4n) is 3.07. The Bertz CT molecular complexity index is 623. The second-order valence-electron chi connectivity index (χ2n) is 5.86. The summed E-state index contributed by atoms with van der Waals surface area (Å²) in [7, 11) is 0. The van der Waals surface area contributed by atoms with Crippen LogP contribution < -0.4 is 0 Å². The second kappa shape index (κ2) is 7.27. The molecule has 2 rings (SSSR count). The molecule has 0 bridgehead atoms. The number of benzene rings is 1. The van der Waals surface area contributed by atoms with Crippen molar-refractivity contribution in [1.82, 2.24) is 4.90 Å². The molecule has 1 unspecified atom stereocenters. The molecule has 1 aliphatic rings. The number of hydrogen-bond acceptors (Lipinski definition) is 3. The standard InChI is InChI=1S/C19H23NO3/c1-4-6-9-12-20-18(22)15-10-7-8-11-16(15)19(20,3)14-17(21)23-13-5-2/h4-5,7-8,10-11H,1-2,6,9,12-14H2,3H3. The van der Waals surface area contributed by atoms with Crippen LogP contribution in [0.3, 0.4) is 0 Å². The highest BCUT2D eigenvalue weighted by Gasteiger charge is 2.47. The van der Waals surface area contributed by atoms with Crippen molar-refractivity contribution in [3.63, 3.8) is 0 Å². The lowest BCUT2D eigenvalue weighted by molar-refractivity contribution is -0.145. The quantitative estimate of drug-likeness (QED) is 0.419. The van der Waals surface area contributed by atoms with Crippen molar-refractivity contribution in [2.75, 3.05) is 13.2 Å². The fraction of sp³-hybridized carbons (Fsp3) is 0.368. The monoisotopic (exact) mass is 313 g/mol. The third-order valence-corrected chi connectivity index (χ3v) is 4.22. The summed E-state index contributed by atoms with van der Waals surface area (Å²) in [5.74, 6) is -0.352. The summed E-state index contributed by atoms with van der Waals surface area (Å²) >= 11 is 0. The molecule has 23 heavy (non-hydrogen) atoms. The van der Waals surface area contributed by atoms with Gasteiger partial charge in [-0.1, -0.05) is 36.9 Å². The molecule has 0 N–H and O–H groups in total. The topological polar surface area (TPSA) is 46.6 Å². The first kappa shape index (κ1) is 17.0. The summed E-state index contributed by atoms with van der Waals surface area (Å²) < 4.78 is 5.13. The maximum atomic E-state index is 12.7. The second-order valence-corrected chi connectivity index (χ2v) is 5.86. The Balaban J connectivity index is 2.29. The minimum Gasteiger partial charge on any atom is -0.461 e. The molecule has 0 saturated carbocycles. The van der Waals surface area contributed by atoms with Gasteiger partial charge in [-0.15, -0.1) is 6.58 Å². The van der Waals surface area contributed by atoms with E-state index in [-0.39, 0.29) is 24.9 Å². The predicted molar refractivity (Wildman–Crippen MR) is 90.0 cm³/mol. The average Bonchev–Trinajstić information content (AvgIpc) is 2.75. The molecule has 1 aromatic carbocycles. The number of allylic oxidation sites excluding steroid dienone is 1. The number of nitrogens with zero attached hydrogens (tertiary/aromatic N) is 1. The van der Waals surface area contributed by atoms with Gasteiger partial charge in [0.15, 0.2) is 0 Å². The molecule has 1 aliphatic heterocycles. The molecule has 0 spiro atoms. The first-order valence-corrected chi connectivity index (χ1v) is 7.83. The normalized spacial score (nSPS) is 19.3. The molecule has 0 aliphatic carbocycles. The van der Waals surface area contributed by atoms with Crippen molar-refractivity contribution in [3.8, 4) is 0 Å². The van der Waals surface area contributed by atoms with E-state index in [9.17, 15) is 9.59 Å². The lowest BCUT2D eigenvalue weighted by Crippen LogP contribution is -2.43. The molecule has 0 radical (unpaired) electrons. The van der Waals surface area contributed by atoms with Gasteiger partial charge in [-0.3, -0.25) is 9.59 Å². The number of carbonyl (C=O) groups excluding carboxylic acids is 2. The van der Waals surface area contributed by atoms with Crippen LogP contribution in [0.2, 0.25) is 0 Å². The first-order valence-electron chi connectivity index (χ1n) is 7.83. The molecule has 122 valence electrons. The number of ether oxygens (including phenoxy) is 1. The lowest BCUT2D eigenvalue weighted by Gasteiger charge is -2.35. The van der Waals surface area contributed by atoms with E-state index >= 15 is 0 Å². The SMILES string of the molecule is C=CCCCN1C(=O)c2ccccc2C1(C)CC(=O)OCC=C. The molecule has 4 heteroatoms. The van der Waals surface area contributed by atoms with Gasteiger partial charge in [0.25, 0.3) is 5.91 Å². The van der Waals surface area contributed by atoms with Crippen LogP contribution >= 0.6 is 0 Å². The van der Waals surface area contributed by atoms with Crippen LogP contribution in [-0.4, -0.2) is 29.9 Å². The molecular formula is C19H23NO3. The fourth-order valence-corrected chi connectivity index (χ4v) is 3.07. The van der Waals surface area contributed by atoms with E-state index < -0.39 is 5.54 Å². The van der Waals surface area contributed by atoms with Gasteiger partial charge < -0.3 is 9.64 Å². The Kier molecular flexibility index (Phi) is 5.37. The summed E-state index contributed by atoms with van der Waals surface area (Å²) in [5.41, 5.74) is 0.886. The molecule has 1 amide bonds. The van der Waals surface area contributed by atoms with Gasteiger partial charge in [0.1, 0.15) is 6.61 Å². The molecule has 0 saturated heterocycles. The van der Waals surface area contributed by atoms with Crippen LogP contribution in [0.5, 0.6) is 0 Å². The van der Waals surface area contributed by atoms with Crippen LogP contribution in [0.25, 0.3) is 0 Å². The van der Waals surface area contributed by atoms with Gasteiger partial charge in [-0.05, 0) is 31.4 Å². The largest absolute Gasteiger partial charge is 0.461 e. The Morgan fingerprint density at radius 2 is 2.04 bits per heavy atom. The van der Waals surface area contributed by atoms with E-state index in [1.54, 1.807) is 4.90 Å². The molecule has 1 aromatic rings. The highest BCUT2D eigenvalue weighted by Crippen LogP contribution is 2.41. The van der Waals surface area contributed by atoms with Crippen molar-refractivity contribution >= 4 is 11.9 Å². The van der Waals surface area contributed by atoms with Crippen LogP contribution in [0, 0.1) is 0 Å². The maximum Gasteiger partial charge on any atom is 0.308 e. The van der Waals surface area contributed by atoms with Gasteiger partial charge >= 0.3 is 5.97 Å². The summed E-state index contributed by atoms with van der Waals surface area (Å²) in [4.78, 5) is 26.7. The van der Waals surface area contributed by atoms with Crippen LogP contribution in [0.15, 0.2) is 49.6 Å². The van der Waals surface area contributed by atoms with Gasteiger partial charge in [0.2, 0.25) is 0 Å². The number of carbonyl (C=O) groups is 2. The van der Waals surface area contributed by atoms with Gasteiger partial charge in [0, 0.05) is 12.1 Å². The smallest absolute Gasteiger partial charge is 0.308 e. The van der Waals surface area contributed by atoms with E-state index in [2.05, 4.69) is 13.2 Å². The van der Waals surface area contributed by atoms with Gasteiger partial charge in [-0.25, -0.2) is 0 Å². The molecule has 4 nitrogen and oxygen atoms in total. The van der Waals surface area contributed by atoms with Crippen molar-refractivity contribution in [1.29, 1.82) is 0 Å². The summed E-state index contributed by atoms with van der Waals surface area (Å²) in [6.45, 7) is 9.96. The van der Waals surface area contributed by atoms with Crippen molar-refractivity contribution < 1.29 is 14.3 Å². The van der Waals surface area contributed by atoms with Gasteiger partial charge in [0.05, 0.1) is 12.0 Å². The number of esters is 1. The van der Waals surface area contributed by atoms with Crippen LogP contribution in [0.1, 0.15) is 42.1 Å². The maximum absolute atomic E-state index is 12.7. The highest BCUT2D eigenvalue weighted by molar-refractivity contribution is 6.00. The summed E-state index contributed by atoms with van der Waals surface area (Å²) in [6.07, 6.45) is 5.16. The average molecular weight is 313 g/mol. The van der Waals surface area contributed by atoms with Crippen LogP contribution in [-0.2, 0) is 15.1 Å². The Hall–Kier alpha value is -2.36. The zero-order chi connectivity index (χ0) is 16.9. The van der Waals surface area contributed by atoms with E-state index in [1.807, 2.05) is 37.3 Å². The Labute approximate surface area is 137 Å². The third kappa shape index (κ3) is 3.36. The molecular weight excluding hydrogens is 290 g/mol. The summed E-state index contributed by atoms with van der Waals surface area (Å²) in [6, 6.07) is 7.48. The molecule has 1 atom stereocenters. The first-order chi connectivity index (χ1) is 11.0. The molecule has 1 heterocycles. The minimum absolute atomic E-state index is 0.0244. The Morgan fingerprint density at radius 3 is 2.74 bits per heavy atom. The zero-order valence-corrected chi connectivity index (χ0v) is 13.6. The van der Waals surface area contributed by atoms with E-state index in [1.165, 1.54) is 6.08 Å². The van der Waals surface area contributed by atoms with Crippen molar-refractivity contribution in [2.45, 2.75) is 31.7 Å². The number of amides is 1. The van der Waals surface area contributed by atoms with Crippen LogP contribution in [0.4, 0.5) is 0 Å². The minimum atomic E-state index is -0.674. The predicted octanol–water partition coefficient (Wildman–Crippen LogP) is 3.44. The van der Waals surface area contributed by atoms with Crippen molar-refractivity contribution in [3.05, 3.63) is 60.7 Å². The van der Waals surface area contributed by atoms with E-state index in [0.717, 1.165) is 18.4 Å². The Morgan fingerprint density at radius 1 is 1.30 bits per heavy atom.